The van der Waals surface area contributed by atoms with Gasteiger partial charge < -0.3 is 19.3 Å². The van der Waals surface area contributed by atoms with E-state index in [1.54, 1.807) is 42.5 Å². The fraction of sp³-hybridized carbons (Fsp3) is 0.258. The van der Waals surface area contributed by atoms with E-state index in [4.69, 9.17) is 14.2 Å². The first-order valence-corrected chi connectivity index (χ1v) is 14.0. The molecule has 41 heavy (non-hydrogen) atoms. The zero-order valence-corrected chi connectivity index (χ0v) is 23.7. The molecule has 1 atom stereocenters. The molecule has 1 N–H and O–H groups in total. The molecule has 1 unspecified atom stereocenters. The van der Waals surface area contributed by atoms with Gasteiger partial charge in [-0.2, -0.15) is 0 Å². The van der Waals surface area contributed by atoms with Crippen LogP contribution in [0.2, 0.25) is 0 Å². The van der Waals surface area contributed by atoms with Crippen molar-refractivity contribution in [2.45, 2.75) is 32.2 Å². The zero-order chi connectivity index (χ0) is 29.1. The Labute approximate surface area is 240 Å². The smallest absolute Gasteiger partial charge is 0.301 e. The number of aliphatic hydroxyl groups excluding tert-OH is 1. The molecule has 1 aliphatic heterocycles. The Morgan fingerprint density at radius 3 is 2.61 bits per heavy atom. The molecular weight excluding hydrogens is 547 g/mol. The lowest BCUT2D eigenvalue weighted by Crippen LogP contribution is -2.29. The van der Waals surface area contributed by atoms with Crippen molar-refractivity contribution in [2.75, 3.05) is 25.7 Å². The number of methoxy groups -OCH3 is 2. The minimum absolute atomic E-state index is 0.118. The summed E-state index contributed by atoms with van der Waals surface area (Å²) in [4.78, 5) is 32.9. The molecule has 8 nitrogen and oxygen atoms in total. The molecule has 212 valence electrons. The monoisotopic (exact) mass is 576 g/mol. The van der Waals surface area contributed by atoms with Crippen LogP contribution in [0.25, 0.3) is 16.0 Å². The second-order valence-corrected chi connectivity index (χ2v) is 10.5. The number of fused-ring (bicyclic) bond motifs is 1. The standard InChI is InChI=1S/C31H29FN2O6S/c1-4-5-6-14-40-23-13-10-18(16-24(23)39-3)27-26(28(35)19-8-7-9-21(15-19)38-2)29(36)30(37)34(27)31-33-22-12-11-20(32)17-25(22)41-31/h7-13,15-17,27,35H,4-6,14H2,1-3H3. The third-order valence-electron chi connectivity index (χ3n) is 6.84. The maximum atomic E-state index is 13.9. The number of hydrogen-bond donors (Lipinski definition) is 1. The molecule has 0 saturated carbocycles. The molecule has 10 heteroatoms. The highest BCUT2D eigenvalue weighted by atomic mass is 32.1. The van der Waals surface area contributed by atoms with Crippen molar-refractivity contribution in [1.82, 2.24) is 4.98 Å². The number of anilines is 1. The number of carbonyl (C=O) groups excluding carboxylic acids is 2. The van der Waals surface area contributed by atoms with Crippen molar-refractivity contribution in [3.05, 3.63) is 83.2 Å². The summed E-state index contributed by atoms with van der Waals surface area (Å²) < 4.78 is 31.3. The van der Waals surface area contributed by atoms with Gasteiger partial charge in [0.05, 0.1) is 42.7 Å². The van der Waals surface area contributed by atoms with Crippen LogP contribution < -0.4 is 19.1 Å². The quantitative estimate of drug-likeness (QED) is 0.0977. The Hall–Kier alpha value is -4.44. The highest BCUT2D eigenvalue weighted by Gasteiger charge is 2.48. The van der Waals surface area contributed by atoms with Crippen LogP contribution in [0.1, 0.15) is 43.4 Å². The summed E-state index contributed by atoms with van der Waals surface area (Å²) in [5.74, 6) is -1.13. The van der Waals surface area contributed by atoms with E-state index in [1.165, 1.54) is 37.3 Å². The summed E-state index contributed by atoms with van der Waals surface area (Å²) in [5, 5.41) is 11.6. The van der Waals surface area contributed by atoms with Crippen molar-refractivity contribution in [3.8, 4) is 17.2 Å². The van der Waals surface area contributed by atoms with Crippen molar-refractivity contribution in [3.63, 3.8) is 0 Å². The zero-order valence-electron chi connectivity index (χ0n) is 22.8. The van der Waals surface area contributed by atoms with Gasteiger partial charge in [-0.3, -0.25) is 14.5 Å². The molecule has 3 aromatic carbocycles. The first-order chi connectivity index (χ1) is 19.9. The van der Waals surface area contributed by atoms with E-state index in [1.807, 2.05) is 0 Å². The fourth-order valence-electron chi connectivity index (χ4n) is 4.77. The van der Waals surface area contributed by atoms with Crippen LogP contribution in [-0.2, 0) is 9.59 Å². The number of amides is 1. The van der Waals surface area contributed by atoms with E-state index >= 15 is 0 Å². The number of hydrogen-bond acceptors (Lipinski definition) is 8. The third kappa shape index (κ3) is 5.47. The van der Waals surface area contributed by atoms with Crippen LogP contribution in [0.15, 0.2) is 66.2 Å². The normalized spacial score (nSPS) is 16.4. The van der Waals surface area contributed by atoms with E-state index in [0.29, 0.717) is 45.2 Å². The summed E-state index contributed by atoms with van der Waals surface area (Å²) in [5.41, 5.74) is 1.17. The second kappa shape index (κ2) is 12.0. The first kappa shape index (κ1) is 28.1. The Bertz CT molecular complexity index is 1650. The number of benzene rings is 3. The molecule has 4 aromatic rings. The Balaban J connectivity index is 1.66. The van der Waals surface area contributed by atoms with Gasteiger partial charge in [0.15, 0.2) is 16.6 Å². The Kier molecular flexibility index (Phi) is 8.21. The number of ether oxygens (including phenoxy) is 3. The van der Waals surface area contributed by atoms with E-state index in [-0.39, 0.29) is 16.5 Å². The van der Waals surface area contributed by atoms with E-state index in [9.17, 15) is 19.1 Å². The molecule has 0 radical (unpaired) electrons. The number of thiazole rings is 1. The van der Waals surface area contributed by atoms with Crippen LogP contribution in [0.5, 0.6) is 17.2 Å². The molecule has 0 aliphatic carbocycles. The maximum Gasteiger partial charge on any atom is 0.301 e. The first-order valence-electron chi connectivity index (χ1n) is 13.2. The molecule has 1 aliphatic rings. The van der Waals surface area contributed by atoms with Gasteiger partial charge in [0.2, 0.25) is 0 Å². The number of rotatable bonds is 10. The predicted octanol–water partition coefficient (Wildman–Crippen LogP) is 6.65. The number of unbranched alkanes of at least 4 members (excludes halogenated alkanes) is 2. The largest absolute Gasteiger partial charge is 0.507 e. The maximum absolute atomic E-state index is 13.9. The van der Waals surface area contributed by atoms with Gasteiger partial charge in [-0.05, 0) is 54.4 Å². The number of carbonyl (C=O) groups is 2. The Morgan fingerprint density at radius 1 is 1.02 bits per heavy atom. The van der Waals surface area contributed by atoms with Crippen molar-refractivity contribution < 1.29 is 33.3 Å². The number of aliphatic hydroxyl groups is 1. The number of Topliss-reactive ketones (excluding diaryl/α,β-unsaturated/α-hetero) is 1. The highest BCUT2D eigenvalue weighted by Crippen LogP contribution is 2.46. The van der Waals surface area contributed by atoms with Gasteiger partial charge >= 0.3 is 5.91 Å². The van der Waals surface area contributed by atoms with Gasteiger partial charge in [0.25, 0.3) is 5.78 Å². The molecule has 0 spiro atoms. The number of aromatic nitrogens is 1. The fourth-order valence-corrected chi connectivity index (χ4v) is 5.79. The summed E-state index contributed by atoms with van der Waals surface area (Å²) in [6.45, 7) is 2.62. The Morgan fingerprint density at radius 2 is 1.85 bits per heavy atom. The van der Waals surface area contributed by atoms with Crippen LogP contribution >= 0.6 is 11.3 Å². The molecule has 1 aromatic heterocycles. The molecule has 0 bridgehead atoms. The summed E-state index contributed by atoms with van der Waals surface area (Å²) >= 11 is 1.08. The van der Waals surface area contributed by atoms with Crippen LogP contribution in [0.4, 0.5) is 9.52 Å². The summed E-state index contributed by atoms with van der Waals surface area (Å²) in [7, 11) is 3.00. The van der Waals surface area contributed by atoms with Gasteiger partial charge in [-0.1, -0.05) is 49.3 Å². The molecule has 1 amide bonds. The number of ketones is 1. The van der Waals surface area contributed by atoms with Gasteiger partial charge in [-0.15, -0.1) is 0 Å². The molecule has 2 heterocycles. The SMILES string of the molecule is CCCCCOc1ccc(C2C(=C(O)c3cccc(OC)c3)C(=O)C(=O)N2c2nc3ccc(F)cc3s2)cc1OC. The predicted molar refractivity (Wildman–Crippen MR) is 155 cm³/mol. The lowest BCUT2D eigenvalue weighted by Gasteiger charge is -2.24. The lowest BCUT2D eigenvalue weighted by molar-refractivity contribution is -0.132. The summed E-state index contributed by atoms with van der Waals surface area (Å²) in [6.07, 6.45) is 2.98. The van der Waals surface area contributed by atoms with E-state index in [0.717, 1.165) is 30.6 Å². The van der Waals surface area contributed by atoms with Gasteiger partial charge in [-0.25, -0.2) is 9.37 Å². The molecule has 1 saturated heterocycles. The van der Waals surface area contributed by atoms with Crippen molar-refractivity contribution >= 4 is 44.1 Å². The highest BCUT2D eigenvalue weighted by molar-refractivity contribution is 7.22. The number of halogens is 1. The van der Waals surface area contributed by atoms with Crippen molar-refractivity contribution in [2.24, 2.45) is 0 Å². The topological polar surface area (TPSA) is 98.2 Å². The van der Waals surface area contributed by atoms with Gasteiger partial charge in [0, 0.05) is 5.56 Å². The lowest BCUT2D eigenvalue weighted by atomic mass is 9.95. The molecule has 1 fully saturated rings. The minimum Gasteiger partial charge on any atom is -0.507 e. The second-order valence-electron chi connectivity index (χ2n) is 9.48. The molecular formula is C31H29FN2O6S. The van der Waals surface area contributed by atoms with Gasteiger partial charge in [0.1, 0.15) is 17.3 Å². The van der Waals surface area contributed by atoms with E-state index in [2.05, 4.69) is 11.9 Å². The number of nitrogens with zero attached hydrogens (tertiary/aromatic N) is 2. The third-order valence-corrected chi connectivity index (χ3v) is 7.86. The van der Waals surface area contributed by atoms with Crippen LogP contribution in [0, 0.1) is 5.82 Å². The van der Waals surface area contributed by atoms with Crippen molar-refractivity contribution in [1.29, 1.82) is 0 Å². The molecule has 5 rings (SSSR count). The summed E-state index contributed by atoms with van der Waals surface area (Å²) in [6, 6.07) is 14.8. The van der Waals surface area contributed by atoms with Crippen LogP contribution in [-0.4, -0.2) is 42.6 Å². The average molecular weight is 577 g/mol. The average Bonchev–Trinajstić information content (AvgIpc) is 3.52. The van der Waals surface area contributed by atoms with Crippen LogP contribution in [0.3, 0.4) is 0 Å². The van der Waals surface area contributed by atoms with E-state index < -0.39 is 23.5 Å². The minimum atomic E-state index is -1.05.